The Labute approximate surface area is 279 Å². The molecule has 13 heteroatoms. The molecule has 0 bridgehead atoms. The van der Waals surface area contributed by atoms with E-state index in [1.165, 1.54) is 0 Å². The Morgan fingerprint density at radius 1 is 0.857 bits per heavy atom. The van der Waals surface area contributed by atoms with Crippen LogP contribution in [-0.4, -0.2) is 81.5 Å². The molecule has 0 unspecified atom stereocenters. The maximum atomic E-state index is 13.7. The molecule has 0 saturated carbocycles. The number of fused-ring (bicyclic) bond motifs is 1. The van der Waals surface area contributed by atoms with Gasteiger partial charge in [-0.15, -0.1) is 0 Å². The SMILES string of the molecule is CCOc1cccc(-n2cc(C(=O)N3CCN(c4cc(C(=O)O)c5ccccc5c4)CC3)nc2-c2ccc(C)cc2)c1.O=C(O)C(F)(F)F. The number of aromatic nitrogens is 2. The van der Waals surface area contributed by atoms with Crippen molar-refractivity contribution in [3.8, 4) is 22.8 Å². The van der Waals surface area contributed by atoms with E-state index in [1.807, 2.05) is 102 Å². The lowest BCUT2D eigenvalue weighted by Gasteiger charge is -2.36. The van der Waals surface area contributed by atoms with E-state index < -0.39 is 18.1 Å². The van der Waals surface area contributed by atoms with E-state index in [0.29, 0.717) is 49.7 Å². The third-order valence-electron chi connectivity index (χ3n) is 7.89. The molecular formula is C36H33F3N4O6. The van der Waals surface area contributed by atoms with Crippen LogP contribution in [0.1, 0.15) is 33.3 Å². The van der Waals surface area contributed by atoms with Gasteiger partial charge in [0.2, 0.25) is 0 Å². The molecule has 6 rings (SSSR count). The summed E-state index contributed by atoms with van der Waals surface area (Å²) < 4.78 is 39.4. The van der Waals surface area contributed by atoms with E-state index >= 15 is 0 Å². The predicted octanol–water partition coefficient (Wildman–Crippen LogP) is 6.69. The Kier molecular flexibility index (Phi) is 10.2. The smallest absolute Gasteiger partial charge is 0.490 e. The van der Waals surface area contributed by atoms with Crippen LogP contribution in [-0.2, 0) is 4.79 Å². The maximum absolute atomic E-state index is 13.7. The molecule has 1 aliphatic heterocycles. The van der Waals surface area contributed by atoms with Crippen LogP contribution in [0.3, 0.4) is 0 Å². The molecule has 1 saturated heterocycles. The molecule has 1 aromatic heterocycles. The maximum Gasteiger partial charge on any atom is 0.490 e. The number of carbonyl (C=O) groups excluding carboxylic acids is 1. The summed E-state index contributed by atoms with van der Waals surface area (Å²) in [5, 5.41) is 18.5. The first-order valence-electron chi connectivity index (χ1n) is 15.4. The van der Waals surface area contributed by atoms with Gasteiger partial charge in [-0.1, -0.05) is 60.2 Å². The summed E-state index contributed by atoms with van der Waals surface area (Å²) >= 11 is 0. The van der Waals surface area contributed by atoms with Crippen molar-refractivity contribution in [2.45, 2.75) is 20.0 Å². The molecule has 10 nitrogen and oxygen atoms in total. The van der Waals surface area contributed by atoms with Crippen LogP contribution in [0.5, 0.6) is 5.75 Å². The van der Waals surface area contributed by atoms with Crippen LogP contribution in [0.2, 0.25) is 0 Å². The third kappa shape index (κ3) is 8.00. The minimum Gasteiger partial charge on any atom is -0.494 e. The topological polar surface area (TPSA) is 125 Å². The number of aromatic carboxylic acids is 1. The summed E-state index contributed by atoms with van der Waals surface area (Å²) in [6.07, 6.45) is -3.28. The van der Waals surface area contributed by atoms with Crippen molar-refractivity contribution in [1.82, 2.24) is 14.5 Å². The highest BCUT2D eigenvalue weighted by molar-refractivity contribution is 6.05. The van der Waals surface area contributed by atoms with Crippen LogP contribution in [0.4, 0.5) is 18.9 Å². The van der Waals surface area contributed by atoms with Gasteiger partial charge in [0.25, 0.3) is 5.91 Å². The van der Waals surface area contributed by atoms with Crippen molar-refractivity contribution in [2.24, 2.45) is 0 Å². The number of imidazole rings is 1. The van der Waals surface area contributed by atoms with Crippen molar-refractivity contribution < 1.29 is 42.5 Å². The summed E-state index contributed by atoms with van der Waals surface area (Å²) in [5.74, 6) is -2.40. The zero-order chi connectivity index (χ0) is 35.3. The second-order valence-electron chi connectivity index (χ2n) is 11.2. The quantitative estimate of drug-likeness (QED) is 0.196. The molecule has 254 valence electrons. The van der Waals surface area contributed by atoms with Crippen molar-refractivity contribution in [3.05, 3.63) is 108 Å². The molecule has 0 radical (unpaired) electrons. The van der Waals surface area contributed by atoms with Gasteiger partial charge in [-0.05, 0) is 48.9 Å². The summed E-state index contributed by atoms with van der Waals surface area (Å²) in [6, 6.07) is 27.1. The molecular weight excluding hydrogens is 641 g/mol. The van der Waals surface area contributed by atoms with Crippen LogP contribution >= 0.6 is 0 Å². The third-order valence-corrected chi connectivity index (χ3v) is 7.89. The number of alkyl halides is 3. The van der Waals surface area contributed by atoms with E-state index in [9.17, 15) is 27.9 Å². The monoisotopic (exact) mass is 674 g/mol. The number of hydrogen-bond donors (Lipinski definition) is 2. The minimum atomic E-state index is -5.08. The van der Waals surface area contributed by atoms with Gasteiger partial charge in [0.1, 0.15) is 17.3 Å². The van der Waals surface area contributed by atoms with E-state index in [0.717, 1.165) is 33.6 Å². The number of hydrogen-bond acceptors (Lipinski definition) is 6. The fourth-order valence-electron chi connectivity index (χ4n) is 5.46. The number of rotatable bonds is 7. The molecule has 2 N–H and O–H groups in total. The van der Waals surface area contributed by atoms with Crippen LogP contribution in [0.25, 0.3) is 27.8 Å². The standard InChI is InChI=1S/C34H32N4O4.C2HF3O2/c1-3-42-28-9-6-8-26(20-28)38-22-31(35-32(38)24-13-11-23(2)12-14-24)33(39)37-17-15-36(16-18-37)27-19-25-7-4-5-10-29(25)30(21-27)34(40)41;3-2(4,5)1(6)7/h4-14,19-22H,3,15-18H2,1-2H3,(H,40,41);(H,6,7). The van der Waals surface area contributed by atoms with Crippen molar-refractivity contribution in [2.75, 3.05) is 37.7 Å². The van der Waals surface area contributed by atoms with Gasteiger partial charge in [-0.2, -0.15) is 13.2 Å². The van der Waals surface area contributed by atoms with Crippen molar-refractivity contribution in [3.63, 3.8) is 0 Å². The summed E-state index contributed by atoms with van der Waals surface area (Å²) in [5.41, 5.74) is 4.42. The number of carboxylic acids is 2. The Morgan fingerprint density at radius 3 is 2.16 bits per heavy atom. The Balaban J connectivity index is 0.000000606. The average Bonchev–Trinajstić information content (AvgIpc) is 3.53. The molecule has 2 heterocycles. The highest BCUT2D eigenvalue weighted by Crippen LogP contribution is 2.29. The Hall–Kier alpha value is -5.85. The minimum absolute atomic E-state index is 0.132. The Bertz CT molecular complexity index is 1980. The van der Waals surface area contributed by atoms with Crippen molar-refractivity contribution in [1.29, 1.82) is 0 Å². The highest BCUT2D eigenvalue weighted by atomic mass is 19.4. The fourth-order valence-corrected chi connectivity index (χ4v) is 5.46. The first-order valence-corrected chi connectivity index (χ1v) is 15.4. The Morgan fingerprint density at radius 2 is 1.53 bits per heavy atom. The van der Waals surface area contributed by atoms with Crippen LogP contribution in [0, 0.1) is 6.92 Å². The van der Waals surface area contributed by atoms with E-state index in [4.69, 9.17) is 19.6 Å². The molecule has 0 atom stereocenters. The van der Waals surface area contributed by atoms with E-state index in [-0.39, 0.29) is 11.5 Å². The normalized spacial score (nSPS) is 13.1. The first-order chi connectivity index (χ1) is 23.3. The van der Waals surface area contributed by atoms with Gasteiger partial charge < -0.3 is 24.7 Å². The molecule has 0 spiro atoms. The van der Waals surface area contributed by atoms with Gasteiger partial charge in [0.15, 0.2) is 0 Å². The molecule has 1 amide bonds. The van der Waals surface area contributed by atoms with Crippen LogP contribution in [0.15, 0.2) is 91.1 Å². The second kappa shape index (κ2) is 14.5. The summed E-state index contributed by atoms with van der Waals surface area (Å²) in [6.45, 7) is 6.72. The predicted molar refractivity (Wildman–Crippen MR) is 178 cm³/mol. The largest absolute Gasteiger partial charge is 0.494 e. The van der Waals surface area contributed by atoms with E-state index in [1.54, 1.807) is 12.3 Å². The van der Waals surface area contributed by atoms with Gasteiger partial charge in [0, 0.05) is 49.7 Å². The number of carbonyl (C=O) groups is 3. The number of aliphatic carboxylic acids is 1. The number of piperazine rings is 1. The molecule has 1 fully saturated rings. The average molecular weight is 675 g/mol. The fraction of sp³-hybridized carbons (Fsp3) is 0.222. The lowest BCUT2D eigenvalue weighted by atomic mass is 10.0. The second-order valence-corrected chi connectivity index (χ2v) is 11.2. The van der Waals surface area contributed by atoms with Gasteiger partial charge in [0.05, 0.1) is 17.9 Å². The number of anilines is 1. The molecule has 1 aliphatic rings. The zero-order valence-corrected chi connectivity index (χ0v) is 26.6. The van der Waals surface area contributed by atoms with E-state index in [2.05, 4.69) is 4.90 Å². The first kappa shape index (κ1) is 34.5. The number of halogens is 3. The van der Waals surface area contributed by atoms with Crippen molar-refractivity contribution >= 4 is 34.3 Å². The summed E-state index contributed by atoms with van der Waals surface area (Å²) in [7, 11) is 0. The number of carboxylic acid groups (broad SMARTS) is 2. The number of amides is 1. The lowest BCUT2D eigenvalue weighted by Crippen LogP contribution is -2.49. The van der Waals surface area contributed by atoms with Gasteiger partial charge in [-0.3, -0.25) is 9.36 Å². The van der Waals surface area contributed by atoms with Crippen LogP contribution < -0.4 is 9.64 Å². The molecule has 4 aromatic carbocycles. The van der Waals surface area contributed by atoms with Gasteiger partial charge >= 0.3 is 18.1 Å². The molecule has 5 aromatic rings. The number of aryl methyl sites for hydroxylation is 1. The molecule has 49 heavy (non-hydrogen) atoms. The lowest BCUT2D eigenvalue weighted by molar-refractivity contribution is -0.192. The summed E-state index contributed by atoms with van der Waals surface area (Å²) in [4.78, 5) is 43.4. The highest BCUT2D eigenvalue weighted by Gasteiger charge is 2.38. The molecule has 0 aliphatic carbocycles. The number of nitrogens with zero attached hydrogens (tertiary/aromatic N) is 4. The van der Waals surface area contributed by atoms with Gasteiger partial charge in [-0.25, -0.2) is 14.6 Å². The number of benzene rings is 4. The zero-order valence-electron chi connectivity index (χ0n) is 26.6. The number of ether oxygens (including phenoxy) is 1.